The highest BCUT2D eigenvalue weighted by Crippen LogP contribution is 2.65. The number of piperazine rings is 1. The van der Waals surface area contributed by atoms with Gasteiger partial charge in [0.1, 0.15) is 0 Å². The summed E-state index contributed by atoms with van der Waals surface area (Å²) in [4.78, 5) is 8.24. The Morgan fingerprint density at radius 2 is 2.00 bits per heavy atom. The molecular weight excluding hydrogens is 346 g/mol. The van der Waals surface area contributed by atoms with E-state index >= 15 is 0 Å². The lowest BCUT2D eigenvalue weighted by Gasteiger charge is -2.67. The first kappa shape index (κ1) is 15.1. The largest absolute Gasteiger partial charge is 0.368 e. The predicted molar refractivity (Wildman–Crippen MR) is 103 cm³/mol. The molecule has 0 atom stereocenters. The molecule has 0 radical (unpaired) electrons. The van der Waals surface area contributed by atoms with Crippen LogP contribution in [-0.2, 0) is 5.41 Å². The van der Waals surface area contributed by atoms with E-state index in [9.17, 15) is 0 Å². The van der Waals surface area contributed by atoms with E-state index in [0.717, 1.165) is 56.1 Å². The van der Waals surface area contributed by atoms with Crippen LogP contribution in [0.4, 0.5) is 5.69 Å². The Bertz CT molecular complexity index is 983. The van der Waals surface area contributed by atoms with Crippen LogP contribution in [0.3, 0.4) is 0 Å². The second-order valence-corrected chi connectivity index (χ2v) is 9.22. The fraction of sp³-hybridized carbons (Fsp3) is 0.474. The van der Waals surface area contributed by atoms with Crippen molar-refractivity contribution in [1.29, 1.82) is 0 Å². The van der Waals surface area contributed by atoms with Gasteiger partial charge in [-0.3, -0.25) is 0 Å². The van der Waals surface area contributed by atoms with Gasteiger partial charge >= 0.3 is 0 Å². The first-order chi connectivity index (χ1) is 12.6. The van der Waals surface area contributed by atoms with Gasteiger partial charge in [0.15, 0.2) is 5.82 Å². The maximum absolute atomic E-state index is 6.17. The van der Waals surface area contributed by atoms with Gasteiger partial charge in [0, 0.05) is 52.9 Å². The molecule has 2 bridgehead atoms. The van der Waals surface area contributed by atoms with Gasteiger partial charge in [0.2, 0.25) is 0 Å². The predicted octanol–water partition coefficient (Wildman–Crippen LogP) is 2.49. The minimum Gasteiger partial charge on any atom is -0.368 e. The van der Waals surface area contributed by atoms with Crippen LogP contribution < -0.4 is 16.0 Å². The number of hydrogen-bond acceptors (Lipinski definition) is 7. The first-order valence-electron chi connectivity index (χ1n) is 9.26. The van der Waals surface area contributed by atoms with E-state index in [-0.39, 0.29) is 11.0 Å². The molecule has 2 aromatic heterocycles. The standard InChI is InChI=1S/C19H21N5OS/c20-19-9-18(10-19,11-19)17-22-16(25-23-17)15-8-12-13(2-1-3-14(12)26-15)24-6-4-21-5-7-24/h1-3,8,21H,4-7,9-11,20H2. The Kier molecular flexibility index (Phi) is 2.94. The third kappa shape index (κ3) is 2.05. The van der Waals surface area contributed by atoms with Crippen molar-refractivity contribution in [2.75, 3.05) is 31.1 Å². The number of rotatable bonds is 3. The van der Waals surface area contributed by atoms with E-state index in [1.807, 2.05) is 0 Å². The number of aromatic nitrogens is 2. The second-order valence-electron chi connectivity index (χ2n) is 8.13. The fourth-order valence-corrected chi connectivity index (χ4v) is 5.98. The number of nitrogens with one attached hydrogen (secondary N) is 1. The maximum Gasteiger partial charge on any atom is 0.268 e. The highest BCUT2D eigenvalue weighted by molar-refractivity contribution is 7.22. The molecular formula is C19H21N5OS. The van der Waals surface area contributed by atoms with E-state index in [1.54, 1.807) is 11.3 Å². The van der Waals surface area contributed by atoms with Crippen molar-refractivity contribution in [1.82, 2.24) is 15.5 Å². The Balaban J connectivity index is 1.36. The molecule has 3 N–H and O–H groups in total. The normalized spacial score (nSPS) is 30.3. The zero-order valence-corrected chi connectivity index (χ0v) is 15.3. The Morgan fingerprint density at radius 3 is 2.77 bits per heavy atom. The first-order valence-corrected chi connectivity index (χ1v) is 10.1. The van der Waals surface area contributed by atoms with Crippen molar-refractivity contribution in [3.05, 3.63) is 30.1 Å². The van der Waals surface area contributed by atoms with Crippen molar-refractivity contribution in [3.8, 4) is 10.8 Å². The highest BCUT2D eigenvalue weighted by Gasteiger charge is 2.68. The monoisotopic (exact) mass is 367 g/mol. The van der Waals surface area contributed by atoms with E-state index in [0.29, 0.717) is 5.89 Å². The van der Waals surface area contributed by atoms with Crippen molar-refractivity contribution in [2.45, 2.75) is 30.2 Å². The molecule has 4 aliphatic rings. The third-order valence-electron chi connectivity index (χ3n) is 6.18. The number of benzene rings is 1. The fourth-order valence-electron chi connectivity index (χ4n) is 4.97. The number of thiophene rings is 1. The average Bonchev–Trinajstić information content (AvgIpc) is 3.25. The highest BCUT2D eigenvalue weighted by atomic mass is 32.1. The summed E-state index contributed by atoms with van der Waals surface area (Å²) in [6.07, 6.45) is 3.00. The minimum absolute atomic E-state index is 0.0522. The smallest absolute Gasteiger partial charge is 0.268 e. The van der Waals surface area contributed by atoms with Crippen LogP contribution in [0, 0.1) is 0 Å². The lowest BCUT2D eigenvalue weighted by atomic mass is 9.39. The molecule has 0 unspecified atom stereocenters. The lowest BCUT2D eigenvalue weighted by molar-refractivity contribution is -0.0664. The number of hydrogen-bond donors (Lipinski definition) is 2. The minimum atomic E-state index is 0.0522. The summed E-state index contributed by atoms with van der Waals surface area (Å²) >= 11 is 1.73. The van der Waals surface area contributed by atoms with Crippen LogP contribution in [0.15, 0.2) is 28.8 Å². The molecule has 1 aromatic carbocycles. The number of anilines is 1. The molecule has 3 aliphatic carbocycles. The SMILES string of the molecule is NC12CC(c3noc(-c4cc5c(N6CCNCC6)cccc5s4)n3)(C1)C2. The van der Waals surface area contributed by atoms with Crippen LogP contribution in [0.5, 0.6) is 0 Å². The van der Waals surface area contributed by atoms with Crippen LogP contribution in [0.2, 0.25) is 0 Å². The summed E-state index contributed by atoms with van der Waals surface area (Å²) < 4.78 is 6.90. The van der Waals surface area contributed by atoms with Gasteiger partial charge in [-0.2, -0.15) is 4.98 Å². The molecule has 0 amide bonds. The van der Waals surface area contributed by atoms with Gasteiger partial charge in [-0.15, -0.1) is 11.3 Å². The topological polar surface area (TPSA) is 80.2 Å². The number of fused-ring (bicyclic) bond motifs is 1. The van der Waals surface area contributed by atoms with Crippen LogP contribution >= 0.6 is 11.3 Å². The van der Waals surface area contributed by atoms with Crippen LogP contribution in [-0.4, -0.2) is 41.9 Å². The molecule has 7 rings (SSSR count). The summed E-state index contributed by atoms with van der Waals surface area (Å²) in [5.41, 5.74) is 7.62. The molecule has 6 nitrogen and oxygen atoms in total. The number of nitrogens with zero attached hydrogens (tertiary/aromatic N) is 3. The molecule has 134 valence electrons. The molecule has 3 saturated carbocycles. The van der Waals surface area contributed by atoms with Gasteiger partial charge in [0.25, 0.3) is 5.89 Å². The second kappa shape index (κ2) is 5.06. The Hall–Kier alpha value is -1.96. The summed E-state index contributed by atoms with van der Waals surface area (Å²) in [5, 5.41) is 8.98. The van der Waals surface area contributed by atoms with Crippen LogP contribution in [0.25, 0.3) is 20.9 Å². The number of nitrogens with two attached hydrogens (primary N) is 1. The molecule has 3 aromatic rings. The molecule has 0 spiro atoms. The quantitative estimate of drug-likeness (QED) is 0.740. The van der Waals surface area contributed by atoms with Gasteiger partial charge in [-0.05, 0) is 37.5 Å². The van der Waals surface area contributed by atoms with Crippen molar-refractivity contribution >= 4 is 27.1 Å². The molecule has 4 fully saturated rings. The third-order valence-corrected chi connectivity index (χ3v) is 7.27. The zero-order valence-electron chi connectivity index (χ0n) is 14.5. The van der Waals surface area contributed by atoms with Crippen molar-refractivity contribution in [3.63, 3.8) is 0 Å². The van der Waals surface area contributed by atoms with E-state index in [4.69, 9.17) is 15.2 Å². The summed E-state index contributed by atoms with van der Waals surface area (Å²) in [7, 11) is 0. The average molecular weight is 367 g/mol. The molecule has 1 saturated heterocycles. The molecule has 7 heteroatoms. The van der Waals surface area contributed by atoms with Gasteiger partial charge in [-0.1, -0.05) is 11.2 Å². The van der Waals surface area contributed by atoms with Crippen LogP contribution in [0.1, 0.15) is 25.1 Å². The van der Waals surface area contributed by atoms with Crippen molar-refractivity contribution < 1.29 is 4.52 Å². The van der Waals surface area contributed by atoms with E-state index in [2.05, 4.69) is 39.6 Å². The van der Waals surface area contributed by atoms with Crippen molar-refractivity contribution in [2.24, 2.45) is 5.73 Å². The van der Waals surface area contributed by atoms with Gasteiger partial charge in [0.05, 0.1) is 4.88 Å². The van der Waals surface area contributed by atoms with Gasteiger partial charge in [-0.25, -0.2) is 0 Å². The summed E-state index contributed by atoms with van der Waals surface area (Å²) in [6, 6.07) is 8.74. The van der Waals surface area contributed by atoms with Gasteiger partial charge < -0.3 is 20.5 Å². The zero-order chi connectivity index (χ0) is 17.4. The molecule has 3 heterocycles. The summed E-state index contributed by atoms with van der Waals surface area (Å²) in [5.74, 6) is 1.49. The molecule has 1 aliphatic heterocycles. The lowest BCUT2D eigenvalue weighted by Crippen LogP contribution is -2.74. The Labute approximate surface area is 155 Å². The van der Waals surface area contributed by atoms with E-state index < -0.39 is 0 Å². The molecule has 26 heavy (non-hydrogen) atoms. The van der Waals surface area contributed by atoms with E-state index in [1.165, 1.54) is 15.8 Å². The Morgan fingerprint density at radius 1 is 1.19 bits per heavy atom. The summed E-state index contributed by atoms with van der Waals surface area (Å²) in [6.45, 7) is 4.15. The maximum atomic E-state index is 6.17.